The zero-order valence-electron chi connectivity index (χ0n) is 10.9. The van der Waals surface area contributed by atoms with E-state index in [4.69, 9.17) is 14.2 Å². The molecule has 0 radical (unpaired) electrons. The summed E-state index contributed by atoms with van der Waals surface area (Å²) in [5.41, 5.74) is 0.868. The Bertz CT molecular complexity index is 565. The summed E-state index contributed by atoms with van der Waals surface area (Å²) in [5, 5.41) is 0. The minimum absolute atomic E-state index is 0.524. The molecule has 0 saturated heterocycles. The highest BCUT2D eigenvalue weighted by Crippen LogP contribution is 2.30. The van der Waals surface area contributed by atoms with Gasteiger partial charge in [-0.2, -0.15) is 0 Å². The molecule has 1 aromatic heterocycles. The van der Waals surface area contributed by atoms with Crippen molar-refractivity contribution in [3.63, 3.8) is 0 Å². The van der Waals surface area contributed by atoms with Crippen LogP contribution in [0.25, 0.3) is 0 Å². The molecule has 2 aromatic rings. The normalized spacial score (nSPS) is 10.1. The molecule has 0 atom stereocenters. The topological polar surface area (TPSA) is 40.6 Å². The van der Waals surface area contributed by atoms with Crippen LogP contribution < -0.4 is 14.2 Å². The third-order valence-corrected chi connectivity index (χ3v) is 3.38. The first-order valence-electron chi connectivity index (χ1n) is 5.66. The molecule has 1 aromatic carbocycles. The van der Waals surface area contributed by atoms with Crippen LogP contribution >= 0.6 is 15.9 Å². The van der Waals surface area contributed by atoms with Crippen LogP contribution in [0.3, 0.4) is 0 Å². The number of hydrogen-bond donors (Lipinski definition) is 0. The van der Waals surface area contributed by atoms with E-state index in [9.17, 15) is 0 Å². The van der Waals surface area contributed by atoms with Crippen LogP contribution in [-0.4, -0.2) is 19.2 Å². The van der Waals surface area contributed by atoms with Gasteiger partial charge in [0.05, 0.1) is 19.9 Å². The second-order valence-electron chi connectivity index (χ2n) is 3.87. The summed E-state index contributed by atoms with van der Waals surface area (Å²) in [6, 6.07) is 9.04. The van der Waals surface area contributed by atoms with Crippen molar-refractivity contribution in [1.29, 1.82) is 0 Å². The highest BCUT2D eigenvalue weighted by atomic mass is 79.9. The second-order valence-corrected chi connectivity index (χ2v) is 4.72. The predicted octanol–water partition coefficient (Wildman–Crippen LogP) is 3.96. The van der Waals surface area contributed by atoms with Gasteiger partial charge in [-0.25, -0.2) is 4.98 Å². The molecule has 0 aliphatic carbocycles. The van der Waals surface area contributed by atoms with Crippen molar-refractivity contribution in [2.45, 2.75) is 6.92 Å². The monoisotopic (exact) mass is 323 g/mol. The van der Waals surface area contributed by atoms with Crippen LogP contribution in [0.15, 0.2) is 34.8 Å². The average molecular weight is 324 g/mol. The molecule has 0 saturated carbocycles. The molecular weight excluding hydrogens is 310 g/mol. The van der Waals surface area contributed by atoms with Crippen molar-refractivity contribution in [2.24, 2.45) is 0 Å². The third kappa shape index (κ3) is 3.38. The van der Waals surface area contributed by atoms with E-state index in [2.05, 4.69) is 20.9 Å². The van der Waals surface area contributed by atoms with Crippen LogP contribution in [0, 0.1) is 6.92 Å². The van der Waals surface area contributed by atoms with Crippen LogP contribution in [0.5, 0.6) is 23.1 Å². The molecule has 4 nitrogen and oxygen atoms in total. The lowest BCUT2D eigenvalue weighted by Gasteiger charge is -2.10. The minimum atomic E-state index is 0.524. The number of ether oxygens (including phenoxy) is 3. The van der Waals surface area contributed by atoms with Gasteiger partial charge in [-0.1, -0.05) is 0 Å². The Balaban J connectivity index is 2.29. The lowest BCUT2D eigenvalue weighted by Crippen LogP contribution is -1.93. The van der Waals surface area contributed by atoms with Crippen LogP contribution in [0.2, 0.25) is 0 Å². The SMILES string of the molecule is COc1cc(OC)cc(Oc2ccc(Br)c(C)n2)c1. The first-order valence-corrected chi connectivity index (χ1v) is 6.45. The molecule has 0 fully saturated rings. The number of rotatable bonds is 4. The van der Waals surface area contributed by atoms with Crippen molar-refractivity contribution in [3.05, 3.63) is 40.5 Å². The van der Waals surface area contributed by atoms with Crippen LogP contribution in [-0.2, 0) is 0 Å². The lowest BCUT2D eigenvalue weighted by molar-refractivity contribution is 0.385. The minimum Gasteiger partial charge on any atom is -0.496 e. The molecule has 0 amide bonds. The maximum absolute atomic E-state index is 5.71. The number of aryl methyl sites for hydroxylation is 1. The van der Waals surface area contributed by atoms with Gasteiger partial charge in [0.2, 0.25) is 5.88 Å². The van der Waals surface area contributed by atoms with E-state index in [0.717, 1.165) is 10.2 Å². The summed E-state index contributed by atoms with van der Waals surface area (Å²) >= 11 is 3.40. The zero-order chi connectivity index (χ0) is 13.8. The van der Waals surface area contributed by atoms with Gasteiger partial charge in [0.1, 0.15) is 17.2 Å². The Hall–Kier alpha value is -1.75. The molecule has 0 aliphatic rings. The number of pyridine rings is 1. The van der Waals surface area contributed by atoms with Gasteiger partial charge in [0.25, 0.3) is 0 Å². The molecule has 0 unspecified atom stereocenters. The average Bonchev–Trinajstić information content (AvgIpc) is 2.42. The van der Waals surface area contributed by atoms with Crippen molar-refractivity contribution in [2.75, 3.05) is 14.2 Å². The van der Waals surface area contributed by atoms with E-state index in [1.165, 1.54) is 0 Å². The molecule has 1 heterocycles. The van der Waals surface area contributed by atoms with E-state index in [0.29, 0.717) is 23.1 Å². The number of nitrogens with zero attached hydrogens (tertiary/aromatic N) is 1. The molecule has 5 heteroatoms. The third-order valence-electron chi connectivity index (χ3n) is 2.54. The summed E-state index contributed by atoms with van der Waals surface area (Å²) in [5.74, 6) is 2.48. The Morgan fingerprint density at radius 3 is 2.05 bits per heavy atom. The van der Waals surface area contributed by atoms with Crippen molar-refractivity contribution in [3.8, 4) is 23.1 Å². The zero-order valence-corrected chi connectivity index (χ0v) is 12.5. The summed E-state index contributed by atoms with van der Waals surface area (Å²) in [6.45, 7) is 1.91. The van der Waals surface area contributed by atoms with Gasteiger partial charge in [-0.15, -0.1) is 0 Å². The highest BCUT2D eigenvalue weighted by Gasteiger charge is 2.06. The second kappa shape index (κ2) is 5.93. The molecule has 0 spiro atoms. The summed E-state index contributed by atoms with van der Waals surface area (Å²) in [4.78, 5) is 4.33. The lowest BCUT2D eigenvalue weighted by atomic mass is 10.3. The maximum atomic E-state index is 5.71. The summed E-state index contributed by atoms with van der Waals surface area (Å²) in [7, 11) is 3.20. The largest absolute Gasteiger partial charge is 0.496 e. The molecule has 19 heavy (non-hydrogen) atoms. The van der Waals surface area contributed by atoms with Crippen LogP contribution in [0.1, 0.15) is 5.69 Å². The van der Waals surface area contributed by atoms with Gasteiger partial charge in [-0.05, 0) is 28.9 Å². The Kier molecular flexibility index (Phi) is 4.27. The van der Waals surface area contributed by atoms with E-state index in [1.807, 2.05) is 13.0 Å². The Labute approximate surface area is 120 Å². The fourth-order valence-corrected chi connectivity index (χ4v) is 1.76. The summed E-state index contributed by atoms with van der Waals surface area (Å²) in [6.07, 6.45) is 0. The molecule has 2 rings (SSSR count). The molecule has 0 bridgehead atoms. The van der Waals surface area contributed by atoms with Gasteiger partial charge < -0.3 is 14.2 Å². The Morgan fingerprint density at radius 2 is 1.53 bits per heavy atom. The maximum Gasteiger partial charge on any atom is 0.219 e. The van der Waals surface area contributed by atoms with E-state index >= 15 is 0 Å². The van der Waals surface area contributed by atoms with Gasteiger partial charge in [-0.3, -0.25) is 0 Å². The molecular formula is C14H14BrNO3. The Morgan fingerprint density at radius 1 is 0.947 bits per heavy atom. The van der Waals surface area contributed by atoms with E-state index < -0.39 is 0 Å². The number of aromatic nitrogens is 1. The van der Waals surface area contributed by atoms with Crippen molar-refractivity contribution >= 4 is 15.9 Å². The van der Waals surface area contributed by atoms with Gasteiger partial charge in [0, 0.05) is 28.7 Å². The number of methoxy groups -OCH3 is 2. The quantitative estimate of drug-likeness (QED) is 0.853. The first kappa shape index (κ1) is 13.7. The number of halogens is 1. The van der Waals surface area contributed by atoms with Gasteiger partial charge >= 0.3 is 0 Å². The van der Waals surface area contributed by atoms with Crippen LogP contribution in [0.4, 0.5) is 0 Å². The highest BCUT2D eigenvalue weighted by molar-refractivity contribution is 9.10. The van der Waals surface area contributed by atoms with Crippen molar-refractivity contribution < 1.29 is 14.2 Å². The molecule has 100 valence electrons. The van der Waals surface area contributed by atoms with Crippen molar-refractivity contribution in [1.82, 2.24) is 4.98 Å². The number of benzene rings is 1. The van der Waals surface area contributed by atoms with Gasteiger partial charge in [0.15, 0.2) is 0 Å². The predicted molar refractivity (Wildman–Crippen MR) is 76.3 cm³/mol. The fraction of sp³-hybridized carbons (Fsp3) is 0.214. The number of hydrogen-bond acceptors (Lipinski definition) is 4. The molecule has 0 aliphatic heterocycles. The fourth-order valence-electron chi connectivity index (χ4n) is 1.54. The summed E-state index contributed by atoms with van der Waals surface area (Å²) < 4.78 is 17.0. The first-order chi connectivity index (χ1) is 9.12. The van der Waals surface area contributed by atoms with E-state index in [-0.39, 0.29) is 0 Å². The van der Waals surface area contributed by atoms with E-state index in [1.54, 1.807) is 38.5 Å². The smallest absolute Gasteiger partial charge is 0.219 e. The molecule has 0 N–H and O–H groups in total. The standard InChI is InChI=1S/C14H14BrNO3/c1-9-13(15)4-5-14(16-9)19-12-7-10(17-2)6-11(8-12)18-3/h4-8H,1-3H3.